The molecular weight excluding hydrogens is 192 g/mol. The highest BCUT2D eigenvalue weighted by atomic mass is 16.6. The van der Waals surface area contributed by atoms with Crippen molar-refractivity contribution in [3.8, 4) is 0 Å². The van der Waals surface area contributed by atoms with Gasteiger partial charge in [0.1, 0.15) is 0 Å². The monoisotopic (exact) mass is 206 g/mol. The van der Waals surface area contributed by atoms with Gasteiger partial charge in [0.25, 0.3) is 5.69 Å². The van der Waals surface area contributed by atoms with Crippen LogP contribution in [0.5, 0.6) is 0 Å². The van der Waals surface area contributed by atoms with Gasteiger partial charge in [-0.3, -0.25) is 10.1 Å². The Bertz CT molecular complexity index is 344. The summed E-state index contributed by atoms with van der Waals surface area (Å²) in [7, 11) is 0. The molecule has 0 aliphatic rings. The van der Waals surface area contributed by atoms with Crippen molar-refractivity contribution < 1.29 is 4.92 Å². The van der Waals surface area contributed by atoms with Crippen LogP contribution in [-0.4, -0.2) is 11.5 Å². The highest BCUT2D eigenvalue weighted by Crippen LogP contribution is 2.15. The number of nitro benzene ring substituents is 1. The summed E-state index contributed by atoms with van der Waals surface area (Å²) < 4.78 is 0. The summed E-state index contributed by atoms with van der Waals surface area (Å²) in [5.74, 6) is 0. The van der Waals surface area contributed by atoms with Gasteiger partial charge in [-0.1, -0.05) is 12.2 Å². The number of nitrogens with one attached hydrogen (secondary N) is 1. The maximum Gasteiger partial charge on any atom is 0.269 e. The maximum absolute atomic E-state index is 10.4. The maximum atomic E-state index is 10.4. The molecule has 1 aromatic rings. The van der Waals surface area contributed by atoms with E-state index in [-0.39, 0.29) is 5.69 Å². The molecule has 4 heteroatoms. The van der Waals surface area contributed by atoms with E-state index in [0.717, 1.165) is 18.7 Å². The third-order valence-electron chi connectivity index (χ3n) is 1.95. The summed E-state index contributed by atoms with van der Waals surface area (Å²) >= 11 is 0. The molecule has 1 rings (SSSR count). The van der Waals surface area contributed by atoms with Gasteiger partial charge in [0.2, 0.25) is 0 Å². The normalized spacial score (nSPS) is 10.5. The van der Waals surface area contributed by atoms with Gasteiger partial charge in [-0.2, -0.15) is 0 Å². The predicted octanol–water partition coefficient (Wildman–Crippen LogP) is 2.97. The van der Waals surface area contributed by atoms with Crippen LogP contribution in [0, 0.1) is 10.1 Å². The van der Waals surface area contributed by atoms with Gasteiger partial charge in [-0.25, -0.2) is 0 Å². The van der Waals surface area contributed by atoms with Crippen molar-refractivity contribution in [2.45, 2.75) is 13.3 Å². The van der Waals surface area contributed by atoms with Gasteiger partial charge in [0.15, 0.2) is 0 Å². The molecule has 0 spiro atoms. The molecular formula is C11H14N2O2. The van der Waals surface area contributed by atoms with E-state index in [1.165, 1.54) is 12.1 Å². The van der Waals surface area contributed by atoms with Gasteiger partial charge < -0.3 is 5.32 Å². The van der Waals surface area contributed by atoms with E-state index in [1.807, 2.05) is 13.0 Å². The highest BCUT2D eigenvalue weighted by Gasteiger charge is 2.02. The largest absolute Gasteiger partial charge is 0.385 e. The first kappa shape index (κ1) is 11.2. The van der Waals surface area contributed by atoms with Crippen molar-refractivity contribution in [2.24, 2.45) is 0 Å². The minimum Gasteiger partial charge on any atom is -0.385 e. The Labute approximate surface area is 88.8 Å². The van der Waals surface area contributed by atoms with Crippen LogP contribution in [0.25, 0.3) is 0 Å². The van der Waals surface area contributed by atoms with Crippen LogP contribution in [0.4, 0.5) is 11.4 Å². The molecule has 0 atom stereocenters. The SMILES string of the molecule is C/C=C/CCNc1ccc([N+](=O)[O-])cc1. The zero-order chi connectivity index (χ0) is 11.1. The molecule has 0 saturated heterocycles. The highest BCUT2D eigenvalue weighted by molar-refractivity contribution is 5.48. The lowest BCUT2D eigenvalue weighted by Gasteiger charge is -2.03. The number of non-ortho nitro benzene ring substituents is 1. The van der Waals surface area contributed by atoms with E-state index in [2.05, 4.69) is 11.4 Å². The van der Waals surface area contributed by atoms with E-state index < -0.39 is 4.92 Å². The van der Waals surface area contributed by atoms with E-state index in [9.17, 15) is 10.1 Å². The van der Waals surface area contributed by atoms with Crippen LogP contribution in [-0.2, 0) is 0 Å². The molecule has 0 radical (unpaired) electrons. The molecule has 0 unspecified atom stereocenters. The summed E-state index contributed by atoms with van der Waals surface area (Å²) in [5, 5.41) is 13.6. The fourth-order valence-electron chi connectivity index (χ4n) is 1.17. The van der Waals surface area contributed by atoms with Crippen LogP contribution in [0.1, 0.15) is 13.3 Å². The third kappa shape index (κ3) is 3.81. The molecule has 80 valence electrons. The molecule has 15 heavy (non-hydrogen) atoms. The van der Waals surface area contributed by atoms with Crippen LogP contribution in [0.2, 0.25) is 0 Å². The number of rotatable bonds is 5. The number of nitro groups is 1. The first-order chi connectivity index (χ1) is 7.24. The minimum absolute atomic E-state index is 0.119. The molecule has 0 fully saturated rings. The van der Waals surface area contributed by atoms with E-state index >= 15 is 0 Å². The zero-order valence-corrected chi connectivity index (χ0v) is 8.64. The number of anilines is 1. The van der Waals surface area contributed by atoms with E-state index in [0.29, 0.717) is 0 Å². The van der Waals surface area contributed by atoms with E-state index in [1.54, 1.807) is 12.1 Å². The third-order valence-corrected chi connectivity index (χ3v) is 1.95. The second kappa shape index (κ2) is 5.80. The van der Waals surface area contributed by atoms with Gasteiger partial charge in [0.05, 0.1) is 4.92 Å². The molecule has 0 aliphatic carbocycles. The lowest BCUT2D eigenvalue weighted by molar-refractivity contribution is -0.384. The lowest BCUT2D eigenvalue weighted by Crippen LogP contribution is -1.99. The number of nitrogens with zero attached hydrogens (tertiary/aromatic N) is 1. The van der Waals surface area contributed by atoms with Crippen molar-refractivity contribution >= 4 is 11.4 Å². The molecule has 4 nitrogen and oxygen atoms in total. The first-order valence-electron chi connectivity index (χ1n) is 4.83. The standard InChI is InChI=1S/C11H14N2O2/c1-2-3-4-9-12-10-5-7-11(8-6-10)13(14)15/h2-3,5-8,12H,4,9H2,1H3/b3-2+. The number of hydrogen-bond acceptors (Lipinski definition) is 3. The molecule has 0 aromatic heterocycles. The van der Waals surface area contributed by atoms with Gasteiger partial charge in [-0.15, -0.1) is 0 Å². The quantitative estimate of drug-likeness (QED) is 0.349. The number of benzene rings is 1. The second-order valence-corrected chi connectivity index (χ2v) is 3.09. The van der Waals surface area contributed by atoms with Crippen molar-refractivity contribution in [1.82, 2.24) is 0 Å². The Morgan fingerprint density at radius 2 is 2.07 bits per heavy atom. The first-order valence-corrected chi connectivity index (χ1v) is 4.83. The fraction of sp³-hybridized carbons (Fsp3) is 0.273. The number of allylic oxidation sites excluding steroid dienone is 1. The Hall–Kier alpha value is -1.84. The Balaban J connectivity index is 2.46. The van der Waals surface area contributed by atoms with Crippen LogP contribution >= 0.6 is 0 Å². The minimum atomic E-state index is -0.399. The average molecular weight is 206 g/mol. The van der Waals surface area contributed by atoms with Crippen molar-refractivity contribution in [3.05, 3.63) is 46.5 Å². The van der Waals surface area contributed by atoms with Crippen LogP contribution in [0.15, 0.2) is 36.4 Å². The Morgan fingerprint density at radius 1 is 1.40 bits per heavy atom. The summed E-state index contributed by atoms with van der Waals surface area (Å²) in [6.45, 7) is 2.81. The summed E-state index contributed by atoms with van der Waals surface area (Å²) in [4.78, 5) is 9.99. The van der Waals surface area contributed by atoms with Crippen molar-refractivity contribution in [3.63, 3.8) is 0 Å². The predicted molar refractivity (Wildman–Crippen MR) is 61.0 cm³/mol. The molecule has 0 bridgehead atoms. The molecule has 1 N–H and O–H groups in total. The van der Waals surface area contributed by atoms with Crippen LogP contribution < -0.4 is 5.32 Å². The molecule has 0 aliphatic heterocycles. The van der Waals surface area contributed by atoms with Gasteiger partial charge in [0, 0.05) is 24.4 Å². The zero-order valence-electron chi connectivity index (χ0n) is 8.64. The summed E-state index contributed by atoms with van der Waals surface area (Å²) in [5.41, 5.74) is 1.03. The topological polar surface area (TPSA) is 55.2 Å². The van der Waals surface area contributed by atoms with Crippen LogP contribution in [0.3, 0.4) is 0 Å². The fourth-order valence-corrected chi connectivity index (χ4v) is 1.17. The van der Waals surface area contributed by atoms with Crippen molar-refractivity contribution in [1.29, 1.82) is 0 Å². The molecule has 0 amide bonds. The van der Waals surface area contributed by atoms with Gasteiger partial charge in [-0.05, 0) is 25.5 Å². The number of hydrogen-bond donors (Lipinski definition) is 1. The second-order valence-electron chi connectivity index (χ2n) is 3.09. The van der Waals surface area contributed by atoms with Gasteiger partial charge >= 0.3 is 0 Å². The smallest absolute Gasteiger partial charge is 0.269 e. The molecule has 1 aromatic carbocycles. The lowest BCUT2D eigenvalue weighted by atomic mass is 10.3. The molecule has 0 saturated carbocycles. The Kier molecular flexibility index (Phi) is 4.34. The summed E-state index contributed by atoms with van der Waals surface area (Å²) in [6, 6.07) is 6.43. The summed E-state index contributed by atoms with van der Waals surface area (Å²) in [6.07, 6.45) is 5.02. The average Bonchev–Trinajstić information content (AvgIpc) is 2.25. The Morgan fingerprint density at radius 3 is 2.60 bits per heavy atom. The molecule has 0 heterocycles. The van der Waals surface area contributed by atoms with Crippen molar-refractivity contribution in [2.75, 3.05) is 11.9 Å². The van der Waals surface area contributed by atoms with E-state index in [4.69, 9.17) is 0 Å².